The summed E-state index contributed by atoms with van der Waals surface area (Å²) in [6.45, 7) is 2.18. The Kier molecular flexibility index (Phi) is 3.79. The number of hydrogen-bond donors (Lipinski definition) is 1. The first-order valence-electron chi connectivity index (χ1n) is 5.73. The van der Waals surface area contributed by atoms with Crippen molar-refractivity contribution in [3.8, 4) is 0 Å². The van der Waals surface area contributed by atoms with E-state index in [0.717, 1.165) is 5.56 Å². The van der Waals surface area contributed by atoms with E-state index in [9.17, 15) is 8.42 Å². The molecule has 0 aliphatic rings. The van der Waals surface area contributed by atoms with Crippen LogP contribution in [0.4, 0.5) is 0 Å². The van der Waals surface area contributed by atoms with Gasteiger partial charge in [-0.3, -0.25) is 0 Å². The Hall–Kier alpha value is -1.57. The fraction of sp³-hybridized carbons (Fsp3) is 0.333. The second-order valence-corrected chi connectivity index (χ2v) is 6.16. The van der Waals surface area contributed by atoms with Crippen molar-refractivity contribution in [1.82, 2.24) is 4.31 Å². The van der Waals surface area contributed by atoms with Crippen LogP contribution in [0.15, 0.2) is 38.4 Å². The van der Waals surface area contributed by atoms with Gasteiger partial charge in [0.2, 0.25) is 5.09 Å². The Morgan fingerprint density at radius 1 is 1.32 bits per heavy atom. The summed E-state index contributed by atoms with van der Waals surface area (Å²) in [4.78, 5) is 0. The zero-order valence-electron chi connectivity index (χ0n) is 10.8. The number of nitrogens with zero attached hydrogens (tertiary/aromatic N) is 1. The molecule has 0 amide bonds. The first-order chi connectivity index (χ1) is 8.95. The summed E-state index contributed by atoms with van der Waals surface area (Å²) >= 11 is 0. The van der Waals surface area contributed by atoms with E-state index >= 15 is 0 Å². The molecule has 0 fully saturated rings. The van der Waals surface area contributed by atoms with Gasteiger partial charge in [0.1, 0.15) is 11.5 Å². The highest BCUT2D eigenvalue weighted by Crippen LogP contribution is 2.20. The van der Waals surface area contributed by atoms with Crippen LogP contribution in [0.5, 0.6) is 0 Å². The van der Waals surface area contributed by atoms with Gasteiger partial charge in [-0.25, -0.2) is 8.42 Å². The van der Waals surface area contributed by atoms with Crippen molar-refractivity contribution in [2.75, 3.05) is 7.05 Å². The maximum absolute atomic E-state index is 12.3. The molecule has 0 saturated carbocycles. The largest absolute Gasteiger partial charge is 0.469 e. The first-order valence-corrected chi connectivity index (χ1v) is 7.17. The highest BCUT2D eigenvalue weighted by atomic mass is 32.2. The van der Waals surface area contributed by atoms with E-state index in [-0.39, 0.29) is 18.2 Å². The van der Waals surface area contributed by atoms with Gasteiger partial charge in [-0.1, -0.05) is 0 Å². The van der Waals surface area contributed by atoms with Gasteiger partial charge in [0.25, 0.3) is 10.0 Å². The van der Waals surface area contributed by atoms with Gasteiger partial charge >= 0.3 is 0 Å². The summed E-state index contributed by atoms with van der Waals surface area (Å²) < 4.78 is 36.1. The maximum Gasteiger partial charge on any atom is 0.276 e. The summed E-state index contributed by atoms with van der Waals surface area (Å²) in [7, 11) is -2.16. The number of nitrogens with two attached hydrogens (primary N) is 1. The minimum Gasteiger partial charge on any atom is -0.469 e. The van der Waals surface area contributed by atoms with Crippen LogP contribution in [0, 0.1) is 6.92 Å². The number of aryl methyl sites for hydroxylation is 1. The summed E-state index contributed by atoms with van der Waals surface area (Å²) in [5.41, 5.74) is 6.21. The van der Waals surface area contributed by atoms with Gasteiger partial charge in [0.05, 0.1) is 12.8 Å². The third kappa shape index (κ3) is 2.73. The second kappa shape index (κ2) is 5.20. The van der Waals surface area contributed by atoms with Gasteiger partial charge in [0.15, 0.2) is 0 Å². The molecule has 0 aromatic carbocycles. The van der Waals surface area contributed by atoms with E-state index in [4.69, 9.17) is 14.6 Å². The zero-order valence-corrected chi connectivity index (χ0v) is 11.6. The second-order valence-electron chi connectivity index (χ2n) is 4.19. The van der Waals surface area contributed by atoms with Crippen LogP contribution >= 0.6 is 0 Å². The van der Waals surface area contributed by atoms with Gasteiger partial charge in [-0.2, -0.15) is 4.31 Å². The SMILES string of the molecule is Cc1occc1CN(C)S(=O)(=O)c1ccc(CN)o1. The molecule has 104 valence electrons. The zero-order chi connectivity index (χ0) is 14.0. The molecule has 0 aliphatic carbocycles. The van der Waals surface area contributed by atoms with E-state index in [0.29, 0.717) is 11.5 Å². The van der Waals surface area contributed by atoms with Gasteiger partial charge in [0, 0.05) is 19.2 Å². The van der Waals surface area contributed by atoms with Crippen LogP contribution in [-0.4, -0.2) is 19.8 Å². The van der Waals surface area contributed by atoms with E-state index in [2.05, 4.69) is 0 Å². The van der Waals surface area contributed by atoms with Gasteiger partial charge in [-0.05, 0) is 25.1 Å². The Morgan fingerprint density at radius 3 is 2.58 bits per heavy atom. The number of sulfonamides is 1. The van der Waals surface area contributed by atoms with Crippen LogP contribution in [0.25, 0.3) is 0 Å². The quantitative estimate of drug-likeness (QED) is 0.897. The summed E-state index contributed by atoms with van der Waals surface area (Å²) in [6.07, 6.45) is 1.53. The van der Waals surface area contributed by atoms with E-state index in [1.807, 2.05) is 0 Å². The molecule has 7 heteroatoms. The third-order valence-corrected chi connectivity index (χ3v) is 4.54. The van der Waals surface area contributed by atoms with Crippen molar-refractivity contribution in [3.63, 3.8) is 0 Å². The van der Waals surface area contributed by atoms with E-state index in [1.54, 1.807) is 19.1 Å². The summed E-state index contributed by atoms with van der Waals surface area (Å²) in [5, 5.41) is -0.100. The van der Waals surface area contributed by atoms with Gasteiger partial charge in [-0.15, -0.1) is 0 Å². The molecule has 2 N–H and O–H groups in total. The molecule has 2 heterocycles. The molecular weight excluding hydrogens is 268 g/mol. The lowest BCUT2D eigenvalue weighted by atomic mass is 10.3. The van der Waals surface area contributed by atoms with Crippen molar-refractivity contribution >= 4 is 10.0 Å². The lowest BCUT2D eigenvalue weighted by Crippen LogP contribution is -2.26. The fourth-order valence-electron chi connectivity index (χ4n) is 1.66. The van der Waals surface area contributed by atoms with Crippen LogP contribution in [0.2, 0.25) is 0 Å². The number of hydrogen-bond acceptors (Lipinski definition) is 5. The van der Waals surface area contributed by atoms with Crippen molar-refractivity contribution in [3.05, 3.63) is 41.5 Å². The average molecular weight is 284 g/mol. The fourth-order valence-corrected chi connectivity index (χ4v) is 2.73. The highest BCUT2D eigenvalue weighted by Gasteiger charge is 2.25. The molecule has 2 aromatic rings. The van der Waals surface area contributed by atoms with E-state index in [1.165, 1.54) is 23.7 Å². The first kappa shape index (κ1) is 13.9. The summed E-state index contributed by atoms with van der Waals surface area (Å²) in [5.74, 6) is 1.13. The van der Waals surface area contributed by atoms with Crippen molar-refractivity contribution in [1.29, 1.82) is 0 Å². The van der Waals surface area contributed by atoms with Crippen molar-refractivity contribution in [2.45, 2.75) is 25.1 Å². The molecule has 0 aliphatic heterocycles. The van der Waals surface area contributed by atoms with Crippen LogP contribution in [0.1, 0.15) is 17.1 Å². The minimum absolute atomic E-state index is 0.100. The highest BCUT2D eigenvalue weighted by molar-refractivity contribution is 7.88. The smallest absolute Gasteiger partial charge is 0.276 e. The molecular formula is C12H16N2O4S. The molecule has 6 nitrogen and oxygen atoms in total. The Labute approximate surface area is 111 Å². The molecule has 0 atom stereocenters. The lowest BCUT2D eigenvalue weighted by molar-refractivity contribution is 0.386. The number of furan rings is 2. The van der Waals surface area contributed by atoms with Crippen molar-refractivity contribution < 1.29 is 17.3 Å². The molecule has 0 bridgehead atoms. The topological polar surface area (TPSA) is 89.7 Å². The third-order valence-electron chi connectivity index (χ3n) is 2.86. The Morgan fingerprint density at radius 2 is 2.05 bits per heavy atom. The van der Waals surface area contributed by atoms with Crippen LogP contribution in [-0.2, 0) is 23.1 Å². The standard InChI is InChI=1S/C12H16N2O4S/c1-9-10(5-6-17-9)8-14(2)19(15,16)12-4-3-11(7-13)18-12/h3-6H,7-8,13H2,1-2H3. The predicted molar refractivity (Wildman–Crippen MR) is 68.7 cm³/mol. The van der Waals surface area contributed by atoms with Crippen molar-refractivity contribution in [2.24, 2.45) is 5.73 Å². The molecule has 2 rings (SSSR count). The Balaban J connectivity index is 2.22. The molecule has 0 saturated heterocycles. The molecule has 0 spiro atoms. The normalized spacial score (nSPS) is 12.2. The van der Waals surface area contributed by atoms with Crippen LogP contribution < -0.4 is 5.73 Å². The van der Waals surface area contributed by atoms with Gasteiger partial charge < -0.3 is 14.6 Å². The molecule has 0 unspecified atom stereocenters. The maximum atomic E-state index is 12.3. The van der Waals surface area contributed by atoms with E-state index < -0.39 is 10.0 Å². The molecule has 19 heavy (non-hydrogen) atoms. The average Bonchev–Trinajstić information content (AvgIpc) is 2.99. The molecule has 0 radical (unpaired) electrons. The minimum atomic E-state index is -3.65. The lowest BCUT2D eigenvalue weighted by Gasteiger charge is -2.14. The summed E-state index contributed by atoms with van der Waals surface area (Å²) in [6, 6.07) is 4.72. The van der Waals surface area contributed by atoms with Crippen LogP contribution in [0.3, 0.4) is 0 Å². The monoisotopic (exact) mass is 284 g/mol. The Bertz CT molecular complexity index is 657. The number of rotatable bonds is 5. The predicted octanol–water partition coefficient (Wildman–Crippen LogP) is 1.46. The molecule has 2 aromatic heterocycles.